The van der Waals surface area contributed by atoms with Crippen molar-refractivity contribution in [3.63, 3.8) is 0 Å². The van der Waals surface area contributed by atoms with Gasteiger partial charge in [-0.05, 0) is 67.7 Å². The van der Waals surface area contributed by atoms with Crippen LogP contribution in [0.1, 0.15) is 36.8 Å². The van der Waals surface area contributed by atoms with Crippen molar-refractivity contribution >= 4 is 45.0 Å². The first-order valence-corrected chi connectivity index (χ1v) is 15.4. The van der Waals surface area contributed by atoms with Gasteiger partial charge in [0.05, 0.1) is 17.5 Å². The number of Topliss-reactive ketones (excluding diaryl/α,β-unsaturated/α-hetero) is 1. The van der Waals surface area contributed by atoms with E-state index in [2.05, 4.69) is 15.9 Å². The lowest BCUT2D eigenvalue weighted by atomic mass is 9.59. The topological polar surface area (TPSA) is 101 Å². The van der Waals surface area contributed by atoms with Crippen LogP contribution in [0.25, 0.3) is 0 Å². The van der Waals surface area contributed by atoms with E-state index in [9.17, 15) is 24.3 Å². The minimum absolute atomic E-state index is 0.0760. The molecule has 220 valence electrons. The Labute approximate surface area is 262 Å². The molecule has 0 aromatic heterocycles. The van der Waals surface area contributed by atoms with Crippen LogP contribution in [0.3, 0.4) is 0 Å². The number of halogens is 1. The standard InChI is InChI=1S/C36H28BrNO6/c1-19-15-30(40)33-28(34(19)41)17-27-24(13-14-26-32(27)36(43)38(35(26)42)22-9-7-21(37)8-10-22)31(33)25-12-11-23(16-29(25)39)44-18-20-5-3-2-4-6-20/h2-13,15-16,26-27,31-32,39H,14,17-18H2,1H3. The molecule has 1 aliphatic heterocycles. The number of carbonyl (C=O) groups is 4. The van der Waals surface area contributed by atoms with Crippen LogP contribution in [0.2, 0.25) is 0 Å². The summed E-state index contributed by atoms with van der Waals surface area (Å²) in [5.74, 6) is -3.19. The molecule has 3 aliphatic carbocycles. The first-order valence-electron chi connectivity index (χ1n) is 14.6. The average molecular weight is 651 g/mol. The van der Waals surface area contributed by atoms with Crippen LogP contribution < -0.4 is 9.64 Å². The van der Waals surface area contributed by atoms with Crippen molar-refractivity contribution < 1.29 is 29.0 Å². The smallest absolute Gasteiger partial charge is 0.238 e. The number of hydrogen-bond acceptors (Lipinski definition) is 6. The van der Waals surface area contributed by atoms with Gasteiger partial charge in [-0.2, -0.15) is 0 Å². The molecule has 1 saturated heterocycles. The van der Waals surface area contributed by atoms with E-state index in [0.717, 1.165) is 15.6 Å². The molecule has 0 bridgehead atoms. The van der Waals surface area contributed by atoms with Gasteiger partial charge in [-0.1, -0.05) is 64.0 Å². The number of phenols is 1. The fraction of sp³-hybridized carbons (Fsp3) is 0.222. The van der Waals surface area contributed by atoms with E-state index in [1.54, 1.807) is 43.3 Å². The van der Waals surface area contributed by atoms with Crippen molar-refractivity contribution in [3.05, 3.63) is 123 Å². The molecule has 1 fully saturated rings. The van der Waals surface area contributed by atoms with Crippen molar-refractivity contribution in [2.24, 2.45) is 17.8 Å². The summed E-state index contributed by atoms with van der Waals surface area (Å²) >= 11 is 3.40. The molecule has 4 atom stereocenters. The van der Waals surface area contributed by atoms with Crippen LogP contribution in [0.15, 0.2) is 112 Å². The van der Waals surface area contributed by atoms with E-state index in [1.165, 1.54) is 17.0 Å². The first kappa shape index (κ1) is 28.2. The number of fused-ring (bicyclic) bond motifs is 3. The molecule has 44 heavy (non-hydrogen) atoms. The quantitative estimate of drug-likeness (QED) is 0.196. The minimum atomic E-state index is -0.738. The normalized spacial score (nSPS) is 24.5. The van der Waals surface area contributed by atoms with E-state index < -0.39 is 23.7 Å². The Morgan fingerprint density at radius 1 is 0.932 bits per heavy atom. The van der Waals surface area contributed by atoms with E-state index in [-0.39, 0.29) is 35.6 Å². The molecule has 4 unspecified atom stereocenters. The summed E-state index contributed by atoms with van der Waals surface area (Å²) < 4.78 is 6.75. The zero-order chi connectivity index (χ0) is 30.7. The van der Waals surface area contributed by atoms with Crippen molar-refractivity contribution in [1.29, 1.82) is 0 Å². The molecular formula is C36H28BrNO6. The SMILES string of the molecule is CC1=CC(=O)C2=C(CC3C(=CCC4C(=O)N(c5ccc(Br)cc5)C(=O)C43)C2c2ccc(OCc3ccccc3)cc2O)C1=O. The maximum atomic E-state index is 14.0. The Hall–Kier alpha value is -4.56. The molecule has 0 spiro atoms. The Bertz CT molecular complexity index is 1840. The van der Waals surface area contributed by atoms with Gasteiger partial charge >= 0.3 is 0 Å². The van der Waals surface area contributed by atoms with Crippen LogP contribution in [0, 0.1) is 17.8 Å². The van der Waals surface area contributed by atoms with E-state index in [4.69, 9.17) is 4.74 Å². The third-order valence-electron chi connectivity index (χ3n) is 9.21. The first-order chi connectivity index (χ1) is 21.2. The van der Waals surface area contributed by atoms with Gasteiger partial charge in [-0.15, -0.1) is 0 Å². The summed E-state index contributed by atoms with van der Waals surface area (Å²) in [5, 5.41) is 11.3. The van der Waals surface area contributed by atoms with Crippen LogP contribution in [-0.4, -0.2) is 28.5 Å². The zero-order valence-corrected chi connectivity index (χ0v) is 25.4. The molecule has 1 heterocycles. The van der Waals surface area contributed by atoms with Crippen molar-refractivity contribution in [3.8, 4) is 11.5 Å². The molecule has 1 N–H and O–H groups in total. The highest BCUT2D eigenvalue weighted by molar-refractivity contribution is 9.10. The lowest BCUT2D eigenvalue weighted by Crippen LogP contribution is -2.39. The number of amides is 2. The molecule has 3 aromatic carbocycles. The average Bonchev–Trinajstić information content (AvgIpc) is 3.28. The molecule has 7 nitrogen and oxygen atoms in total. The number of imide groups is 1. The van der Waals surface area contributed by atoms with Crippen molar-refractivity contribution in [2.75, 3.05) is 4.90 Å². The largest absolute Gasteiger partial charge is 0.507 e. The van der Waals surface area contributed by atoms with E-state index in [0.29, 0.717) is 46.7 Å². The number of nitrogens with zero attached hydrogens (tertiary/aromatic N) is 1. The van der Waals surface area contributed by atoms with Crippen LogP contribution in [-0.2, 0) is 25.8 Å². The third-order valence-corrected chi connectivity index (χ3v) is 9.74. The maximum absolute atomic E-state index is 14.0. The molecule has 0 radical (unpaired) electrons. The van der Waals surface area contributed by atoms with Gasteiger partial charge in [-0.3, -0.25) is 24.1 Å². The second kappa shape index (κ2) is 10.9. The second-order valence-corrected chi connectivity index (χ2v) is 12.6. The molecule has 4 aliphatic rings. The molecular weight excluding hydrogens is 622 g/mol. The lowest BCUT2D eigenvalue weighted by molar-refractivity contribution is -0.123. The van der Waals surface area contributed by atoms with Gasteiger partial charge in [-0.25, -0.2) is 0 Å². The fourth-order valence-corrected chi connectivity index (χ4v) is 7.44. The highest BCUT2D eigenvalue weighted by Crippen LogP contribution is 2.56. The van der Waals surface area contributed by atoms with Gasteiger partial charge in [0, 0.05) is 38.7 Å². The number of allylic oxidation sites excluding steroid dienone is 6. The third kappa shape index (κ3) is 4.56. The fourth-order valence-electron chi connectivity index (χ4n) is 7.18. The number of hydrogen-bond donors (Lipinski definition) is 1. The maximum Gasteiger partial charge on any atom is 0.238 e. The summed E-state index contributed by atoms with van der Waals surface area (Å²) in [5.41, 5.74) is 3.74. The summed E-state index contributed by atoms with van der Waals surface area (Å²) in [6, 6.07) is 21.7. The monoisotopic (exact) mass is 649 g/mol. The molecule has 7 rings (SSSR count). The Morgan fingerprint density at radius 3 is 2.41 bits per heavy atom. The van der Waals surface area contributed by atoms with E-state index >= 15 is 0 Å². The number of anilines is 1. The van der Waals surface area contributed by atoms with Crippen molar-refractivity contribution in [1.82, 2.24) is 0 Å². The summed E-state index contributed by atoms with van der Waals surface area (Å²) in [7, 11) is 0. The molecule has 8 heteroatoms. The zero-order valence-electron chi connectivity index (χ0n) is 23.8. The summed E-state index contributed by atoms with van der Waals surface area (Å²) in [6.07, 6.45) is 3.80. The van der Waals surface area contributed by atoms with Gasteiger partial charge in [0.2, 0.25) is 11.8 Å². The van der Waals surface area contributed by atoms with Gasteiger partial charge < -0.3 is 9.84 Å². The van der Waals surface area contributed by atoms with Crippen LogP contribution in [0.5, 0.6) is 11.5 Å². The Kier molecular flexibility index (Phi) is 6.97. The summed E-state index contributed by atoms with van der Waals surface area (Å²) in [4.78, 5) is 56.0. The lowest BCUT2D eigenvalue weighted by Gasteiger charge is -2.42. The van der Waals surface area contributed by atoms with E-state index in [1.807, 2.05) is 36.4 Å². The highest BCUT2D eigenvalue weighted by Gasteiger charge is 2.56. The number of phenolic OH excluding ortho intramolecular Hbond substituents is 1. The number of ketones is 2. The molecule has 0 saturated carbocycles. The van der Waals surface area contributed by atoms with Gasteiger partial charge in [0.1, 0.15) is 18.1 Å². The summed E-state index contributed by atoms with van der Waals surface area (Å²) in [6.45, 7) is 1.93. The number of ether oxygens (including phenoxy) is 1. The van der Waals surface area contributed by atoms with Crippen molar-refractivity contribution in [2.45, 2.75) is 32.3 Å². The minimum Gasteiger partial charge on any atom is -0.507 e. The number of aromatic hydroxyl groups is 1. The number of benzene rings is 3. The van der Waals surface area contributed by atoms with Crippen LogP contribution in [0.4, 0.5) is 5.69 Å². The predicted molar refractivity (Wildman–Crippen MR) is 167 cm³/mol. The predicted octanol–water partition coefficient (Wildman–Crippen LogP) is 6.37. The molecule has 2 amide bonds. The second-order valence-electron chi connectivity index (χ2n) is 11.7. The highest BCUT2D eigenvalue weighted by atomic mass is 79.9. The Balaban J connectivity index is 1.28. The number of rotatable bonds is 5. The van der Waals surface area contributed by atoms with Gasteiger partial charge in [0.25, 0.3) is 0 Å². The molecule has 3 aromatic rings. The number of carbonyl (C=O) groups excluding carboxylic acids is 4. The van der Waals surface area contributed by atoms with Gasteiger partial charge in [0.15, 0.2) is 11.6 Å². The Morgan fingerprint density at radius 2 is 1.68 bits per heavy atom. The van der Waals surface area contributed by atoms with Crippen LogP contribution >= 0.6 is 15.9 Å².